The molecular weight excluding hydrogens is 276 g/mol. The second-order valence-electron chi connectivity index (χ2n) is 5.75. The van der Waals surface area contributed by atoms with E-state index in [1.807, 2.05) is 0 Å². The third kappa shape index (κ3) is 3.04. The Morgan fingerprint density at radius 1 is 1.38 bits per heavy atom. The standard InChI is InChI=1S/C14H22N2O5/c17-12-4-2-6-16(12)7-8-21-15-13(18)11-3-1-5-14(11)19-9-10-20-14/h11H,1-10H2,(H,15,18). The van der Waals surface area contributed by atoms with Gasteiger partial charge in [0.15, 0.2) is 5.79 Å². The van der Waals surface area contributed by atoms with Gasteiger partial charge in [0.25, 0.3) is 5.91 Å². The zero-order chi connectivity index (χ0) is 14.7. The van der Waals surface area contributed by atoms with Crippen LogP contribution in [0, 0.1) is 5.92 Å². The summed E-state index contributed by atoms with van der Waals surface area (Å²) in [4.78, 5) is 30.6. The fraction of sp³-hybridized carbons (Fsp3) is 0.857. The fourth-order valence-corrected chi connectivity index (χ4v) is 3.38. The molecule has 118 valence electrons. The molecule has 0 aromatic rings. The molecule has 0 aromatic carbocycles. The van der Waals surface area contributed by atoms with Gasteiger partial charge in [-0.15, -0.1) is 0 Å². The lowest BCUT2D eigenvalue weighted by Crippen LogP contribution is -2.44. The minimum atomic E-state index is -0.738. The number of nitrogens with one attached hydrogen (secondary N) is 1. The maximum atomic E-state index is 12.2. The summed E-state index contributed by atoms with van der Waals surface area (Å²) in [7, 11) is 0. The maximum Gasteiger partial charge on any atom is 0.252 e. The molecule has 1 saturated carbocycles. The number of nitrogens with zero attached hydrogens (tertiary/aromatic N) is 1. The van der Waals surface area contributed by atoms with E-state index in [1.165, 1.54) is 0 Å². The highest BCUT2D eigenvalue weighted by molar-refractivity contribution is 5.79. The van der Waals surface area contributed by atoms with Crippen LogP contribution >= 0.6 is 0 Å². The quantitative estimate of drug-likeness (QED) is 0.579. The topological polar surface area (TPSA) is 77.1 Å². The molecule has 2 saturated heterocycles. The molecule has 2 aliphatic heterocycles. The highest BCUT2D eigenvalue weighted by Gasteiger charge is 2.51. The van der Waals surface area contributed by atoms with Crippen molar-refractivity contribution in [2.45, 2.75) is 37.9 Å². The predicted molar refractivity (Wildman–Crippen MR) is 71.9 cm³/mol. The van der Waals surface area contributed by atoms with Gasteiger partial charge in [0.1, 0.15) is 0 Å². The van der Waals surface area contributed by atoms with Crippen LogP contribution in [-0.2, 0) is 23.9 Å². The van der Waals surface area contributed by atoms with E-state index in [-0.39, 0.29) is 17.7 Å². The summed E-state index contributed by atoms with van der Waals surface area (Å²) in [6.07, 6.45) is 3.95. The van der Waals surface area contributed by atoms with Gasteiger partial charge in [0.2, 0.25) is 5.91 Å². The van der Waals surface area contributed by atoms with E-state index < -0.39 is 5.79 Å². The van der Waals surface area contributed by atoms with E-state index in [0.29, 0.717) is 32.8 Å². The Hall–Kier alpha value is -1.18. The van der Waals surface area contributed by atoms with Gasteiger partial charge in [-0.2, -0.15) is 0 Å². The molecule has 7 nitrogen and oxygen atoms in total. The largest absolute Gasteiger partial charge is 0.347 e. The molecule has 0 aromatic heterocycles. The first kappa shape index (κ1) is 14.7. The number of rotatable bonds is 5. The van der Waals surface area contributed by atoms with Crippen LogP contribution in [0.4, 0.5) is 0 Å². The summed E-state index contributed by atoms with van der Waals surface area (Å²) < 4.78 is 11.3. The Morgan fingerprint density at radius 3 is 2.90 bits per heavy atom. The van der Waals surface area contributed by atoms with Crippen LogP contribution in [0.3, 0.4) is 0 Å². The molecular formula is C14H22N2O5. The number of hydroxylamine groups is 1. The minimum absolute atomic E-state index is 0.160. The van der Waals surface area contributed by atoms with Crippen LogP contribution in [0.25, 0.3) is 0 Å². The predicted octanol–water partition coefficient (Wildman–Crippen LogP) is 0.200. The van der Waals surface area contributed by atoms with Gasteiger partial charge in [-0.05, 0) is 19.3 Å². The second-order valence-corrected chi connectivity index (χ2v) is 5.75. The number of carbonyl (C=O) groups excluding carboxylic acids is 2. The van der Waals surface area contributed by atoms with Gasteiger partial charge in [-0.1, -0.05) is 0 Å². The Kier molecular flexibility index (Phi) is 4.42. The van der Waals surface area contributed by atoms with Crippen LogP contribution in [0.5, 0.6) is 0 Å². The third-order valence-electron chi connectivity index (χ3n) is 4.45. The number of ether oxygens (including phenoxy) is 2. The molecule has 3 aliphatic rings. The number of carbonyl (C=O) groups is 2. The van der Waals surface area contributed by atoms with Crippen molar-refractivity contribution in [3.8, 4) is 0 Å². The lowest BCUT2D eigenvalue weighted by Gasteiger charge is -2.28. The zero-order valence-electron chi connectivity index (χ0n) is 12.1. The average Bonchev–Trinajstić information content (AvgIpc) is 3.19. The Labute approximate surface area is 123 Å². The first-order valence-electron chi connectivity index (χ1n) is 7.69. The highest BCUT2D eigenvalue weighted by atomic mass is 16.7. The van der Waals surface area contributed by atoms with Gasteiger partial charge < -0.3 is 14.4 Å². The summed E-state index contributed by atoms with van der Waals surface area (Å²) in [5.74, 6) is -1.08. The monoisotopic (exact) mass is 298 g/mol. The molecule has 2 amide bonds. The third-order valence-corrected chi connectivity index (χ3v) is 4.45. The molecule has 0 radical (unpaired) electrons. The van der Waals surface area contributed by atoms with Crippen LogP contribution in [0.1, 0.15) is 32.1 Å². The normalized spacial score (nSPS) is 27.7. The van der Waals surface area contributed by atoms with Crippen molar-refractivity contribution in [3.63, 3.8) is 0 Å². The summed E-state index contributed by atoms with van der Waals surface area (Å²) >= 11 is 0. The average molecular weight is 298 g/mol. The Bertz CT molecular complexity index is 403. The van der Waals surface area contributed by atoms with Crippen molar-refractivity contribution in [1.82, 2.24) is 10.4 Å². The van der Waals surface area contributed by atoms with E-state index in [4.69, 9.17) is 14.3 Å². The van der Waals surface area contributed by atoms with Gasteiger partial charge in [-0.25, -0.2) is 5.48 Å². The van der Waals surface area contributed by atoms with Crippen LogP contribution in [-0.4, -0.2) is 55.4 Å². The molecule has 3 fully saturated rings. The summed E-state index contributed by atoms with van der Waals surface area (Å²) in [6, 6.07) is 0. The van der Waals surface area contributed by atoms with Crippen LogP contribution in [0.15, 0.2) is 0 Å². The van der Waals surface area contributed by atoms with Crippen LogP contribution in [0.2, 0.25) is 0 Å². The SMILES string of the molecule is O=C(NOCCN1CCCC1=O)C1CCCC12OCCO2. The van der Waals surface area contributed by atoms with Crippen molar-refractivity contribution in [1.29, 1.82) is 0 Å². The smallest absolute Gasteiger partial charge is 0.252 e. The second kappa shape index (κ2) is 6.29. The van der Waals surface area contributed by atoms with Gasteiger partial charge in [0.05, 0.1) is 25.7 Å². The first-order chi connectivity index (χ1) is 10.2. The summed E-state index contributed by atoms with van der Waals surface area (Å²) in [5, 5.41) is 0. The van der Waals surface area contributed by atoms with Gasteiger partial charge in [0, 0.05) is 25.9 Å². The molecule has 1 atom stereocenters. The molecule has 7 heteroatoms. The zero-order valence-corrected chi connectivity index (χ0v) is 12.1. The minimum Gasteiger partial charge on any atom is -0.347 e. The maximum absolute atomic E-state index is 12.2. The van der Waals surface area contributed by atoms with E-state index >= 15 is 0 Å². The highest BCUT2D eigenvalue weighted by Crippen LogP contribution is 2.42. The molecule has 1 unspecified atom stereocenters. The molecule has 0 bridgehead atoms. The Morgan fingerprint density at radius 2 is 2.19 bits per heavy atom. The van der Waals surface area contributed by atoms with E-state index in [0.717, 1.165) is 32.2 Å². The molecule has 1 spiro atoms. The number of hydrogen-bond acceptors (Lipinski definition) is 5. The molecule has 1 N–H and O–H groups in total. The van der Waals surface area contributed by atoms with Crippen molar-refractivity contribution >= 4 is 11.8 Å². The van der Waals surface area contributed by atoms with Gasteiger partial charge in [-0.3, -0.25) is 14.4 Å². The Balaban J connectivity index is 1.41. The number of hydrogen-bond donors (Lipinski definition) is 1. The molecule has 3 rings (SSSR count). The van der Waals surface area contributed by atoms with E-state index in [9.17, 15) is 9.59 Å². The molecule has 2 heterocycles. The lowest BCUT2D eigenvalue weighted by atomic mass is 10.0. The summed E-state index contributed by atoms with van der Waals surface area (Å²) in [6.45, 7) is 2.69. The van der Waals surface area contributed by atoms with E-state index in [2.05, 4.69) is 5.48 Å². The van der Waals surface area contributed by atoms with Gasteiger partial charge >= 0.3 is 0 Å². The van der Waals surface area contributed by atoms with Crippen molar-refractivity contribution in [2.75, 3.05) is 32.9 Å². The van der Waals surface area contributed by atoms with Crippen molar-refractivity contribution < 1.29 is 23.9 Å². The lowest BCUT2D eigenvalue weighted by molar-refractivity contribution is -0.192. The first-order valence-corrected chi connectivity index (χ1v) is 7.69. The molecule has 1 aliphatic carbocycles. The molecule has 21 heavy (non-hydrogen) atoms. The summed E-state index contributed by atoms with van der Waals surface area (Å²) in [5.41, 5.74) is 2.48. The van der Waals surface area contributed by atoms with Crippen molar-refractivity contribution in [2.24, 2.45) is 5.92 Å². The van der Waals surface area contributed by atoms with Crippen molar-refractivity contribution in [3.05, 3.63) is 0 Å². The number of likely N-dealkylation sites (tertiary alicyclic amines) is 1. The number of amides is 2. The fourth-order valence-electron chi connectivity index (χ4n) is 3.38. The van der Waals surface area contributed by atoms with Crippen LogP contribution < -0.4 is 5.48 Å². The van der Waals surface area contributed by atoms with E-state index in [1.54, 1.807) is 4.90 Å².